The molecule has 0 fully saturated rings. The summed E-state index contributed by atoms with van der Waals surface area (Å²) in [5.41, 5.74) is 4.13. The Hall–Kier alpha value is -2.19. The molecule has 0 radical (unpaired) electrons. The van der Waals surface area contributed by atoms with Crippen molar-refractivity contribution < 1.29 is 19.1 Å². The first-order valence-electron chi connectivity index (χ1n) is 8.94. The van der Waals surface area contributed by atoms with Crippen LogP contribution in [0.3, 0.4) is 0 Å². The van der Waals surface area contributed by atoms with Gasteiger partial charge in [0, 0.05) is 26.7 Å². The summed E-state index contributed by atoms with van der Waals surface area (Å²) < 4.78 is 6.84. The number of esters is 1. The summed E-state index contributed by atoms with van der Waals surface area (Å²) >= 11 is 6.80. The van der Waals surface area contributed by atoms with E-state index < -0.39 is 18.5 Å². The molecule has 2 N–H and O–H groups in total. The van der Waals surface area contributed by atoms with E-state index in [-0.39, 0.29) is 18.7 Å². The topological polar surface area (TPSA) is 84.5 Å². The lowest BCUT2D eigenvalue weighted by atomic mass is 10.1. The molecule has 0 saturated heterocycles. The van der Waals surface area contributed by atoms with Gasteiger partial charge in [0.05, 0.1) is 6.42 Å². The molecule has 0 aliphatic heterocycles. The molecular formula is C21H22Br2N2O4. The number of halogens is 2. The summed E-state index contributed by atoms with van der Waals surface area (Å²) in [5.74, 6) is -1.33. The minimum Gasteiger partial charge on any atom is -0.456 e. The standard InChI is InChI=1S/C21H22Br2N2O4/c1-12-10-18(14(3)9-16(12)23)25-20(27)11-29-21(28)7-6-19(26)24-17-5-4-15(22)8-13(17)2/h4-5,8-10H,6-7,11H2,1-3H3,(H,24,26)(H,25,27). The van der Waals surface area contributed by atoms with Crippen molar-refractivity contribution in [1.29, 1.82) is 0 Å². The van der Waals surface area contributed by atoms with Gasteiger partial charge >= 0.3 is 5.97 Å². The summed E-state index contributed by atoms with van der Waals surface area (Å²) in [6, 6.07) is 9.24. The van der Waals surface area contributed by atoms with Crippen molar-refractivity contribution in [3.8, 4) is 0 Å². The Balaban J connectivity index is 1.75. The summed E-state index contributed by atoms with van der Waals surface area (Å²) in [6.07, 6.45) is -0.133. The molecule has 0 spiro atoms. The van der Waals surface area contributed by atoms with Crippen LogP contribution in [0.15, 0.2) is 39.3 Å². The highest BCUT2D eigenvalue weighted by Gasteiger charge is 2.13. The fourth-order valence-electron chi connectivity index (χ4n) is 2.52. The van der Waals surface area contributed by atoms with Gasteiger partial charge in [0.25, 0.3) is 5.91 Å². The number of anilines is 2. The van der Waals surface area contributed by atoms with Gasteiger partial charge < -0.3 is 15.4 Å². The number of hydrogen-bond acceptors (Lipinski definition) is 4. The number of hydrogen-bond donors (Lipinski definition) is 2. The van der Waals surface area contributed by atoms with Crippen molar-refractivity contribution in [2.24, 2.45) is 0 Å². The van der Waals surface area contributed by atoms with Gasteiger partial charge in [0.1, 0.15) is 0 Å². The van der Waals surface area contributed by atoms with Gasteiger partial charge in [0.15, 0.2) is 6.61 Å². The average Bonchev–Trinajstić information content (AvgIpc) is 2.65. The van der Waals surface area contributed by atoms with E-state index in [9.17, 15) is 14.4 Å². The molecule has 2 aromatic carbocycles. The van der Waals surface area contributed by atoms with Crippen LogP contribution in [0.25, 0.3) is 0 Å². The van der Waals surface area contributed by atoms with E-state index in [4.69, 9.17) is 4.74 Å². The highest BCUT2D eigenvalue weighted by atomic mass is 79.9. The average molecular weight is 526 g/mol. The first-order valence-corrected chi connectivity index (χ1v) is 10.5. The van der Waals surface area contributed by atoms with E-state index in [1.807, 2.05) is 45.0 Å². The second-order valence-electron chi connectivity index (χ2n) is 6.63. The van der Waals surface area contributed by atoms with Gasteiger partial charge in [0.2, 0.25) is 5.91 Å². The number of benzene rings is 2. The van der Waals surface area contributed by atoms with E-state index in [0.717, 1.165) is 25.6 Å². The molecule has 2 rings (SSSR count). The minimum atomic E-state index is -0.605. The SMILES string of the molecule is Cc1cc(NC(=O)COC(=O)CCC(=O)Nc2ccc(Br)cc2C)c(C)cc1Br. The summed E-state index contributed by atoms with van der Waals surface area (Å²) in [4.78, 5) is 35.9. The van der Waals surface area contributed by atoms with Gasteiger partial charge in [-0.25, -0.2) is 0 Å². The van der Waals surface area contributed by atoms with Crippen molar-refractivity contribution in [3.05, 3.63) is 56.0 Å². The van der Waals surface area contributed by atoms with E-state index in [1.54, 1.807) is 6.07 Å². The molecule has 0 aromatic heterocycles. The van der Waals surface area contributed by atoms with Gasteiger partial charge in [-0.15, -0.1) is 0 Å². The zero-order valence-electron chi connectivity index (χ0n) is 16.4. The molecule has 0 aliphatic carbocycles. The number of carbonyl (C=O) groups excluding carboxylic acids is 3. The van der Waals surface area contributed by atoms with Gasteiger partial charge in [-0.1, -0.05) is 31.9 Å². The van der Waals surface area contributed by atoms with Crippen LogP contribution in [-0.2, 0) is 19.1 Å². The van der Waals surface area contributed by atoms with Crippen LogP contribution in [0.5, 0.6) is 0 Å². The van der Waals surface area contributed by atoms with Crippen LogP contribution in [0.2, 0.25) is 0 Å². The van der Waals surface area contributed by atoms with Crippen LogP contribution in [0, 0.1) is 20.8 Å². The molecule has 2 aromatic rings. The number of nitrogens with one attached hydrogen (secondary N) is 2. The fraction of sp³-hybridized carbons (Fsp3) is 0.286. The van der Waals surface area contributed by atoms with Crippen LogP contribution in [0.4, 0.5) is 11.4 Å². The summed E-state index contributed by atoms with van der Waals surface area (Å²) in [6.45, 7) is 5.26. The molecule has 0 atom stereocenters. The molecule has 0 unspecified atom stereocenters. The van der Waals surface area contributed by atoms with E-state index in [2.05, 4.69) is 42.5 Å². The first kappa shape index (κ1) is 23.1. The third-order valence-corrected chi connectivity index (χ3v) is 5.51. The summed E-state index contributed by atoms with van der Waals surface area (Å²) in [7, 11) is 0. The van der Waals surface area contributed by atoms with Crippen molar-refractivity contribution in [3.63, 3.8) is 0 Å². The Morgan fingerprint density at radius 1 is 0.828 bits per heavy atom. The maximum Gasteiger partial charge on any atom is 0.306 e. The molecule has 2 amide bonds. The van der Waals surface area contributed by atoms with E-state index >= 15 is 0 Å². The van der Waals surface area contributed by atoms with Crippen molar-refractivity contribution in [1.82, 2.24) is 0 Å². The van der Waals surface area contributed by atoms with Crippen LogP contribution < -0.4 is 10.6 Å². The van der Waals surface area contributed by atoms with Crippen LogP contribution in [-0.4, -0.2) is 24.4 Å². The van der Waals surface area contributed by atoms with Crippen LogP contribution >= 0.6 is 31.9 Å². The Kier molecular flexibility index (Phi) is 8.40. The predicted molar refractivity (Wildman–Crippen MR) is 120 cm³/mol. The Morgan fingerprint density at radius 3 is 2.17 bits per heavy atom. The molecule has 154 valence electrons. The molecule has 0 aliphatic rings. The monoisotopic (exact) mass is 524 g/mol. The smallest absolute Gasteiger partial charge is 0.306 e. The van der Waals surface area contributed by atoms with E-state index in [0.29, 0.717) is 11.4 Å². The van der Waals surface area contributed by atoms with Gasteiger partial charge in [-0.2, -0.15) is 0 Å². The number of rotatable bonds is 7. The van der Waals surface area contributed by atoms with Crippen molar-refractivity contribution in [2.75, 3.05) is 17.2 Å². The van der Waals surface area contributed by atoms with Gasteiger partial charge in [-0.05, 0) is 67.8 Å². The Labute approximate surface area is 186 Å². The van der Waals surface area contributed by atoms with Crippen molar-refractivity contribution in [2.45, 2.75) is 33.6 Å². The predicted octanol–water partition coefficient (Wildman–Crippen LogP) is 5.04. The number of amides is 2. The zero-order chi connectivity index (χ0) is 21.6. The van der Waals surface area contributed by atoms with Crippen molar-refractivity contribution >= 4 is 61.0 Å². The molecule has 29 heavy (non-hydrogen) atoms. The largest absolute Gasteiger partial charge is 0.456 e. The molecule has 0 saturated carbocycles. The second-order valence-corrected chi connectivity index (χ2v) is 8.40. The third-order valence-electron chi connectivity index (χ3n) is 4.16. The normalized spacial score (nSPS) is 10.4. The second kappa shape index (κ2) is 10.5. The third kappa shape index (κ3) is 7.29. The zero-order valence-corrected chi connectivity index (χ0v) is 19.6. The summed E-state index contributed by atoms with van der Waals surface area (Å²) in [5, 5.41) is 5.48. The molecule has 6 nitrogen and oxygen atoms in total. The quantitative estimate of drug-likeness (QED) is 0.496. The number of carbonyl (C=O) groups is 3. The van der Waals surface area contributed by atoms with Gasteiger partial charge in [-0.3, -0.25) is 14.4 Å². The minimum absolute atomic E-state index is 0.0268. The Morgan fingerprint density at radius 2 is 1.48 bits per heavy atom. The molecule has 0 bridgehead atoms. The fourth-order valence-corrected chi connectivity index (χ4v) is 3.45. The maximum atomic E-state index is 12.0. The number of aryl methyl sites for hydroxylation is 3. The molecular weight excluding hydrogens is 504 g/mol. The lowest BCUT2D eigenvalue weighted by Gasteiger charge is -2.11. The molecule has 0 heterocycles. The lowest BCUT2D eigenvalue weighted by Crippen LogP contribution is -2.22. The molecule has 8 heteroatoms. The lowest BCUT2D eigenvalue weighted by molar-refractivity contribution is -0.147. The highest BCUT2D eigenvalue weighted by molar-refractivity contribution is 9.10. The highest BCUT2D eigenvalue weighted by Crippen LogP contribution is 2.24. The first-order chi connectivity index (χ1) is 13.7. The van der Waals surface area contributed by atoms with Crippen LogP contribution in [0.1, 0.15) is 29.5 Å². The Bertz CT molecular complexity index is 945. The van der Waals surface area contributed by atoms with E-state index in [1.165, 1.54) is 0 Å². The maximum absolute atomic E-state index is 12.0. The number of ether oxygens (including phenoxy) is 1.